The minimum atomic E-state index is -0.917. The Morgan fingerprint density at radius 2 is 2.39 bits per heavy atom. The maximum Gasteiger partial charge on any atom is 0.271 e. The van der Waals surface area contributed by atoms with Crippen molar-refractivity contribution in [3.63, 3.8) is 0 Å². The second-order valence-corrected chi connectivity index (χ2v) is 5.42. The van der Waals surface area contributed by atoms with E-state index < -0.39 is 11.5 Å². The lowest BCUT2D eigenvalue weighted by Gasteiger charge is -2.24. The number of carbonyl (C=O) groups excluding carboxylic acids is 1. The Balaban J connectivity index is 2.33. The van der Waals surface area contributed by atoms with E-state index in [0.29, 0.717) is 24.7 Å². The smallest absolute Gasteiger partial charge is 0.271 e. The summed E-state index contributed by atoms with van der Waals surface area (Å²) in [5.41, 5.74) is 5.05. The van der Waals surface area contributed by atoms with Crippen LogP contribution in [-0.2, 0) is 0 Å². The molecular weight excluding hydrogens is 234 g/mol. The topological polar surface area (TPSA) is 92.6 Å². The predicted octanol–water partition coefficient (Wildman–Crippen LogP) is 0.332. The van der Waals surface area contributed by atoms with Crippen LogP contribution < -0.4 is 5.73 Å². The summed E-state index contributed by atoms with van der Waals surface area (Å²) in [5.74, 6) is -0.841. The van der Waals surface area contributed by atoms with E-state index in [2.05, 4.69) is 23.9 Å². The highest BCUT2D eigenvalue weighted by molar-refractivity contribution is 5.92. The van der Waals surface area contributed by atoms with Gasteiger partial charge in [-0.25, -0.2) is 0 Å². The first-order valence-electron chi connectivity index (χ1n) is 6.03. The summed E-state index contributed by atoms with van der Waals surface area (Å²) >= 11 is 0. The number of hydrogen-bond acceptors (Lipinski definition) is 5. The van der Waals surface area contributed by atoms with Gasteiger partial charge in [0.2, 0.25) is 0 Å². The van der Waals surface area contributed by atoms with Crippen molar-refractivity contribution < 1.29 is 14.4 Å². The number of primary amides is 1. The van der Waals surface area contributed by atoms with E-state index in [1.807, 2.05) is 0 Å². The Morgan fingerprint density at radius 3 is 2.89 bits per heavy atom. The van der Waals surface area contributed by atoms with Crippen molar-refractivity contribution in [1.29, 1.82) is 0 Å². The number of amides is 1. The highest BCUT2D eigenvalue weighted by Gasteiger charge is 2.45. The van der Waals surface area contributed by atoms with E-state index in [1.54, 1.807) is 6.92 Å². The van der Waals surface area contributed by atoms with Gasteiger partial charge in [0.05, 0.1) is 5.60 Å². The van der Waals surface area contributed by atoms with E-state index in [9.17, 15) is 9.90 Å². The second kappa shape index (κ2) is 4.37. The van der Waals surface area contributed by atoms with E-state index in [0.717, 1.165) is 0 Å². The quantitative estimate of drug-likeness (QED) is 0.810. The number of carbonyl (C=O) groups is 1. The zero-order valence-corrected chi connectivity index (χ0v) is 10.9. The molecule has 1 fully saturated rings. The molecule has 3 N–H and O–H groups in total. The van der Waals surface area contributed by atoms with Gasteiger partial charge in [-0.2, -0.15) is 0 Å². The Labute approximate surface area is 106 Å². The molecule has 0 aliphatic carbocycles. The molecule has 1 saturated heterocycles. The van der Waals surface area contributed by atoms with Crippen molar-refractivity contribution >= 4 is 5.91 Å². The molecule has 1 aromatic rings. The number of aliphatic hydroxyl groups is 1. The summed E-state index contributed by atoms with van der Waals surface area (Å²) in [6.45, 7) is 7.12. The van der Waals surface area contributed by atoms with Crippen LogP contribution in [0.4, 0.5) is 0 Å². The first kappa shape index (κ1) is 13.0. The lowest BCUT2D eigenvalue weighted by Crippen LogP contribution is -2.35. The summed E-state index contributed by atoms with van der Waals surface area (Å²) in [7, 11) is 0. The lowest BCUT2D eigenvalue weighted by molar-refractivity contribution is 0.0510. The molecule has 2 unspecified atom stereocenters. The average Bonchev–Trinajstić information content (AvgIpc) is 2.80. The number of aromatic nitrogens is 1. The van der Waals surface area contributed by atoms with Crippen LogP contribution in [0.5, 0.6) is 0 Å². The van der Waals surface area contributed by atoms with Crippen LogP contribution in [-0.4, -0.2) is 45.8 Å². The molecule has 2 rings (SSSR count). The number of nitrogens with zero attached hydrogens (tertiary/aromatic N) is 2. The molecule has 18 heavy (non-hydrogen) atoms. The van der Waals surface area contributed by atoms with Crippen molar-refractivity contribution in [2.24, 2.45) is 5.73 Å². The van der Waals surface area contributed by atoms with Gasteiger partial charge in [0.1, 0.15) is 6.26 Å². The van der Waals surface area contributed by atoms with Crippen LogP contribution in [0.2, 0.25) is 0 Å². The summed E-state index contributed by atoms with van der Waals surface area (Å²) in [5, 5.41) is 14.1. The van der Waals surface area contributed by atoms with E-state index >= 15 is 0 Å². The number of nitrogens with two attached hydrogens (primary N) is 1. The minimum absolute atomic E-state index is 0.117. The zero-order valence-electron chi connectivity index (χ0n) is 10.9. The molecule has 6 heteroatoms. The van der Waals surface area contributed by atoms with E-state index in [1.165, 1.54) is 6.26 Å². The summed E-state index contributed by atoms with van der Waals surface area (Å²) in [6.07, 6.45) is 1.41. The maximum atomic E-state index is 11.3. The first-order valence-corrected chi connectivity index (χ1v) is 6.03. The van der Waals surface area contributed by atoms with E-state index in [-0.39, 0.29) is 11.6 Å². The molecule has 0 saturated carbocycles. The van der Waals surface area contributed by atoms with Crippen LogP contribution in [0.3, 0.4) is 0 Å². The van der Waals surface area contributed by atoms with Crippen molar-refractivity contribution in [2.75, 3.05) is 13.1 Å². The molecule has 2 atom stereocenters. The molecule has 0 spiro atoms. The average molecular weight is 253 g/mol. The van der Waals surface area contributed by atoms with Crippen LogP contribution in [0, 0.1) is 0 Å². The molecule has 2 heterocycles. The fraction of sp³-hybridized carbons (Fsp3) is 0.667. The fourth-order valence-corrected chi connectivity index (χ4v) is 2.52. The number of hydrogen-bond donors (Lipinski definition) is 2. The predicted molar refractivity (Wildman–Crippen MR) is 65.1 cm³/mol. The molecule has 6 nitrogen and oxygen atoms in total. The lowest BCUT2D eigenvalue weighted by atomic mass is 9.86. The Bertz CT molecular complexity index is 453. The highest BCUT2D eigenvalue weighted by Crippen LogP contribution is 2.37. The number of β-amino-alcohol motifs (C(OH)–C–C–N with tert-alkyl or cyclic N) is 1. The molecular formula is C12H19N3O3. The van der Waals surface area contributed by atoms with Crippen LogP contribution >= 0.6 is 0 Å². The van der Waals surface area contributed by atoms with Crippen molar-refractivity contribution in [3.8, 4) is 0 Å². The van der Waals surface area contributed by atoms with Gasteiger partial charge in [0.15, 0.2) is 5.69 Å². The monoisotopic (exact) mass is 253 g/mol. The molecule has 100 valence electrons. The van der Waals surface area contributed by atoms with Crippen molar-refractivity contribution in [3.05, 3.63) is 17.5 Å². The Kier molecular flexibility index (Phi) is 3.16. The first-order chi connectivity index (χ1) is 8.33. The standard InChI is InChI=1S/C12H19N3O3/c1-7(2)15-4-9(12(3,17)6-15)8-5-18-14-10(8)11(13)16/h5,7,9,17H,4,6H2,1-3H3,(H2,13,16). The molecule has 1 aliphatic rings. The van der Waals surface area contributed by atoms with Gasteiger partial charge in [-0.3, -0.25) is 9.69 Å². The highest BCUT2D eigenvalue weighted by atomic mass is 16.5. The second-order valence-electron chi connectivity index (χ2n) is 5.42. The normalized spacial score (nSPS) is 29.1. The van der Waals surface area contributed by atoms with Gasteiger partial charge in [0.25, 0.3) is 5.91 Å². The maximum absolute atomic E-state index is 11.3. The Hall–Kier alpha value is -1.40. The van der Waals surface area contributed by atoms with Crippen molar-refractivity contribution in [1.82, 2.24) is 10.1 Å². The summed E-state index contributed by atoms with van der Waals surface area (Å²) in [4.78, 5) is 13.4. The molecule has 0 aromatic carbocycles. The van der Waals surface area contributed by atoms with Crippen molar-refractivity contribution in [2.45, 2.75) is 38.3 Å². The fourth-order valence-electron chi connectivity index (χ4n) is 2.52. The molecule has 0 bridgehead atoms. The third-order valence-electron chi connectivity index (χ3n) is 3.63. The van der Waals surface area contributed by atoms with Gasteiger partial charge in [0, 0.05) is 30.6 Å². The third-order valence-corrected chi connectivity index (χ3v) is 3.63. The van der Waals surface area contributed by atoms with Gasteiger partial charge in [-0.15, -0.1) is 0 Å². The number of rotatable bonds is 3. The number of likely N-dealkylation sites (tertiary alicyclic amines) is 1. The van der Waals surface area contributed by atoms with Crippen LogP contribution in [0.15, 0.2) is 10.8 Å². The van der Waals surface area contributed by atoms with Gasteiger partial charge in [-0.1, -0.05) is 5.16 Å². The largest absolute Gasteiger partial charge is 0.388 e. The van der Waals surface area contributed by atoms with E-state index in [4.69, 9.17) is 10.3 Å². The summed E-state index contributed by atoms with van der Waals surface area (Å²) in [6, 6.07) is 0.332. The molecule has 1 aliphatic heterocycles. The molecule has 1 amide bonds. The van der Waals surface area contributed by atoms with Crippen LogP contribution in [0.1, 0.15) is 42.7 Å². The van der Waals surface area contributed by atoms with Gasteiger partial charge < -0.3 is 15.4 Å². The van der Waals surface area contributed by atoms with Crippen LogP contribution in [0.25, 0.3) is 0 Å². The molecule has 1 aromatic heterocycles. The Morgan fingerprint density at radius 1 is 1.72 bits per heavy atom. The van der Waals surface area contributed by atoms with Gasteiger partial charge in [-0.05, 0) is 20.8 Å². The minimum Gasteiger partial charge on any atom is -0.388 e. The SMILES string of the molecule is CC(C)N1CC(c2conc2C(N)=O)C(C)(O)C1. The molecule has 0 radical (unpaired) electrons. The third kappa shape index (κ3) is 2.13. The summed E-state index contributed by atoms with van der Waals surface area (Å²) < 4.78 is 4.83. The van der Waals surface area contributed by atoms with Gasteiger partial charge >= 0.3 is 0 Å². The zero-order chi connectivity index (χ0) is 13.5.